The summed E-state index contributed by atoms with van der Waals surface area (Å²) in [6.07, 6.45) is 2.08. The Morgan fingerprint density at radius 1 is 1.17 bits per heavy atom. The van der Waals surface area contributed by atoms with Gasteiger partial charge < -0.3 is 24.8 Å². The highest BCUT2D eigenvalue weighted by molar-refractivity contribution is 5.69. The zero-order chi connectivity index (χ0) is 21.7. The molecule has 29 heavy (non-hydrogen) atoms. The van der Waals surface area contributed by atoms with Gasteiger partial charge in [-0.2, -0.15) is 0 Å². The van der Waals surface area contributed by atoms with Crippen LogP contribution in [0.15, 0.2) is 30.3 Å². The zero-order valence-corrected chi connectivity index (χ0v) is 18.1. The van der Waals surface area contributed by atoms with Crippen LogP contribution in [-0.2, 0) is 16.1 Å². The molecule has 1 atom stereocenters. The van der Waals surface area contributed by atoms with Crippen LogP contribution in [0.25, 0.3) is 0 Å². The molecule has 1 aromatic carbocycles. The number of rotatable bonds is 11. The zero-order valence-electron chi connectivity index (χ0n) is 18.1. The Kier molecular flexibility index (Phi) is 11.1. The molecule has 2 amide bonds. The summed E-state index contributed by atoms with van der Waals surface area (Å²) in [4.78, 5) is 26.4. The molecule has 0 spiro atoms. The number of carbonyl (C=O) groups is 2. The molecule has 2 N–H and O–H groups in total. The molecule has 0 fully saturated rings. The lowest BCUT2D eigenvalue weighted by Gasteiger charge is -2.30. The van der Waals surface area contributed by atoms with E-state index in [9.17, 15) is 9.59 Å². The fourth-order valence-electron chi connectivity index (χ4n) is 2.70. The largest absolute Gasteiger partial charge is 0.445 e. The smallest absolute Gasteiger partial charge is 0.410 e. The number of aliphatic hydroxyl groups excluding tert-OH is 1. The van der Waals surface area contributed by atoms with Crippen molar-refractivity contribution in [1.29, 1.82) is 0 Å². The van der Waals surface area contributed by atoms with Crippen LogP contribution in [0.1, 0.15) is 58.9 Å². The number of nitrogens with one attached hydrogen (secondary N) is 1. The monoisotopic (exact) mass is 408 g/mol. The third kappa shape index (κ3) is 11.3. The summed E-state index contributed by atoms with van der Waals surface area (Å²) in [7, 11) is 0. The van der Waals surface area contributed by atoms with Gasteiger partial charge in [-0.05, 0) is 39.2 Å². The molecular weight excluding hydrogens is 372 g/mol. The molecule has 0 aliphatic heterocycles. The van der Waals surface area contributed by atoms with Gasteiger partial charge in [0.1, 0.15) is 12.2 Å². The van der Waals surface area contributed by atoms with Crippen molar-refractivity contribution in [3.05, 3.63) is 35.9 Å². The minimum Gasteiger partial charge on any atom is -0.445 e. The van der Waals surface area contributed by atoms with Crippen LogP contribution in [0.2, 0.25) is 0 Å². The number of aliphatic hydroxyl groups is 1. The average molecular weight is 409 g/mol. The maximum absolute atomic E-state index is 12.5. The number of ether oxygens (including phenoxy) is 2. The number of unbranched alkanes of at least 4 members (excludes halogenated alkanes) is 1. The first-order chi connectivity index (χ1) is 13.7. The number of hydrogen-bond acceptors (Lipinski definition) is 5. The molecule has 1 aromatic rings. The summed E-state index contributed by atoms with van der Waals surface area (Å²) < 4.78 is 10.8. The number of carbonyl (C=O) groups excluding carboxylic acids is 2. The summed E-state index contributed by atoms with van der Waals surface area (Å²) in [5.74, 6) is 0. The van der Waals surface area contributed by atoms with E-state index in [1.807, 2.05) is 51.1 Å². The summed E-state index contributed by atoms with van der Waals surface area (Å²) in [6.45, 7) is 8.32. The molecule has 164 valence electrons. The maximum Gasteiger partial charge on any atom is 0.410 e. The van der Waals surface area contributed by atoms with Crippen LogP contribution >= 0.6 is 0 Å². The molecule has 7 nitrogen and oxygen atoms in total. The Morgan fingerprint density at radius 2 is 1.86 bits per heavy atom. The highest BCUT2D eigenvalue weighted by Gasteiger charge is 2.25. The third-order valence-electron chi connectivity index (χ3n) is 4.12. The van der Waals surface area contributed by atoms with E-state index in [2.05, 4.69) is 12.2 Å². The van der Waals surface area contributed by atoms with Crippen molar-refractivity contribution in [2.45, 2.75) is 71.6 Å². The number of benzene rings is 1. The van der Waals surface area contributed by atoms with E-state index < -0.39 is 17.8 Å². The van der Waals surface area contributed by atoms with Gasteiger partial charge >= 0.3 is 12.2 Å². The first-order valence-corrected chi connectivity index (χ1v) is 10.3. The van der Waals surface area contributed by atoms with E-state index in [-0.39, 0.29) is 19.3 Å². The molecule has 0 aliphatic rings. The van der Waals surface area contributed by atoms with Crippen LogP contribution in [0.3, 0.4) is 0 Å². The number of amides is 2. The van der Waals surface area contributed by atoms with Crippen LogP contribution in [-0.4, -0.2) is 53.5 Å². The van der Waals surface area contributed by atoms with Gasteiger partial charge in [0.2, 0.25) is 0 Å². The van der Waals surface area contributed by atoms with Gasteiger partial charge in [0, 0.05) is 25.7 Å². The second-order valence-corrected chi connectivity index (χ2v) is 8.05. The predicted molar refractivity (Wildman–Crippen MR) is 113 cm³/mol. The molecule has 0 aliphatic carbocycles. The second-order valence-electron chi connectivity index (χ2n) is 8.05. The van der Waals surface area contributed by atoms with Gasteiger partial charge in [0.25, 0.3) is 0 Å². The van der Waals surface area contributed by atoms with Crippen molar-refractivity contribution in [2.75, 3.05) is 19.7 Å². The van der Waals surface area contributed by atoms with E-state index in [1.54, 1.807) is 4.90 Å². The Balaban J connectivity index is 2.70. The van der Waals surface area contributed by atoms with Crippen molar-refractivity contribution in [3.8, 4) is 0 Å². The molecule has 1 rings (SSSR count). The van der Waals surface area contributed by atoms with Crippen molar-refractivity contribution >= 4 is 12.2 Å². The van der Waals surface area contributed by atoms with Crippen molar-refractivity contribution < 1.29 is 24.2 Å². The average Bonchev–Trinajstić information content (AvgIpc) is 2.66. The minimum absolute atomic E-state index is 0.0224. The van der Waals surface area contributed by atoms with E-state index in [0.717, 1.165) is 24.8 Å². The summed E-state index contributed by atoms with van der Waals surface area (Å²) in [5, 5.41) is 12.0. The molecule has 0 saturated carbocycles. The standard InChI is InChI=1S/C22H36N2O5/c1-5-6-13-19(23-20(26)28-17-18-11-8-7-9-12-18)16-24(14-10-15-25)21(27)29-22(2,3)4/h7-9,11-12,19,25H,5-6,10,13-17H2,1-4H3,(H,23,26). The van der Waals surface area contributed by atoms with Gasteiger partial charge in [0.15, 0.2) is 0 Å². The van der Waals surface area contributed by atoms with Crippen LogP contribution in [0.4, 0.5) is 9.59 Å². The van der Waals surface area contributed by atoms with Crippen molar-refractivity contribution in [3.63, 3.8) is 0 Å². The van der Waals surface area contributed by atoms with Crippen LogP contribution in [0.5, 0.6) is 0 Å². The normalized spacial score (nSPS) is 12.2. The second kappa shape index (κ2) is 13.0. The van der Waals surface area contributed by atoms with E-state index in [0.29, 0.717) is 19.5 Å². The lowest BCUT2D eigenvalue weighted by molar-refractivity contribution is 0.0217. The molecular formula is C22H36N2O5. The van der Waals surface area contributed by atoms with Crippen molar-refractivity contribution in [2.24, 2.45) is 0 Å². The Bertz CT molecular complexity index is 601. The first-order valence-electron chi connectivity index (χ1n) is 10.3. The Labute approximate surface area is 174 Å². The van der Waals surface area contributed by atoms with E-state index in [4.69, 9.17) is 14.6 Å². The van der Waals surface area contributed by atoms with Crippen molar-refractivity contribution in [1.82, 2.24) is 10.2 Å². The van der Waals surface area contributed by atoms with Gasteiger partial charge in [0.05, 0.1) is 0 Å². The number of alkyl carbamates (subject to hydrolysis) is 1. The predicted octanol–water partition coefficient (Wildman–Crippen LogP) is 4.09. The lowest BCUT2D eigenvalue weighted by Crippen LogP contribution is -2.47. The molecule has 0 saturated heterocycles. The quantitative estimate of drug-likeness (QED) is 0.576. The minimum atomic E-state index is -0.616. The highest BCUT2D eigenvalue weighted by Crippen LogP contribution is 2.12. The molecule has 0 radical (unpaired) electrons. The summed E-state index contributed by atoms with van der Waals surface area (Å²) >= 11 is 0. The summed E-state index contributed by atoms with van der Waals surface area (Å²) in [6, 6.07) is 9.20. The Hall–Kier alpha value is -2.28. The molecule has 1 unspecified atom stereocenters. The highest BCUT2D eigenvalue weighted by atomic mass is 16.6. The Morgan fingerprint density at radius 3 is 2.45 bits per heavy atom. The SMILES string of the molecule is CCCCC(CN(CCCO)C(=O)OC(C)(C)C)NC(=O)OCc1ccccc1. The van der Waals surface area contributed by atoms with Crippen LogP contribution in [0, 0.1) is 0 Å². The third-order valence-corrected chi connectivity index (χ3v) is 4.12. The van der Waals surface area contributed by atoms with Gasteiger partial charge in [-0.3, -0.25) is 0 Å². The molecule has 0 heterocycles. The fourth-order valence-corrected chi connectivity index (χ4v) is 2.70. The van der Waals surface area contributed by atoms with Gasteiger partial charge in [-0.1, -0.05) is 50.1 Å². The maximum atomic E-state index is 12.5. The molecule has 7 heteroatoms. The fraction of sp³-hybridized carbons (Fsp3) is 0.636. The van der Waals surface area contributed by atoms with E-state index in [1.165, 1.54) is 0 Å². The molecule has 0 bridgehead atoms. The number of hydrogen-bond donors (Lipinski definition) is 2. The van der Waals surface area contributed by atoms with Crippen LogP contribution < -0.4 is 5.32 Å². The lowest BCUT2D eigenvalue weighted by atomic mass is 10.1. The molecule has 0 aromatic heterocycles. The van der Waals surface area contributed by atoms with Gasteiger partial charge in [-0.15, -0.1) is 0 Å². The first kappa shape index (κ1) is 24.8. The summed E-state index contributed by atoms with van der Waals surface area (Å²) in [5.41, 5.74) is 0.293. The van der Waals surface area contributed by atoms with E-state index >= 15 is 0 Å². The number of nitrogens with zero attached hydrogens (tertiary/aromatic N) is 1. The van der Waals surface area contributed by atoms with Gasteiger partial charge in [-0.25, -0.2) is 9.59 Å². The topological polar surface area (TPSA) is 88.1 Å².